The van der Waals surface area contributed by atoms with Crippen LogP contribution in [-0.4, -0.2) is 54.1 Å². The van der Waals surface area contributed by atoms with Gasteiger partial charge in [0.05, 0.1) is 5.56 Å². The van der Waals surface area contributed by atoms with Gasteiger partial charge in [0.25, 0.3) is 0 Å². The van der Waals surface area contributed by atoms with E-state index in [4.69, 9.17) is 9.26 Å². The molecule has 1 atom stereocenters. The molecule has 1 fully saturated rings. The maximum atomic E-state index is 10.8. The number of aromatic nitrogens is 1. The van der Waals surface area contributed by atoms with E-state index in [2.05, 4.69) is 40.9 Å². The fourth-order valence-electron chi connectivity index (χ4n) is 4.61. The first-order valence-corrected chi connectivity index (χ1v) is 12.5. The number of aliphatic hydroxyl groups is 1. The van der Waals surface area contributed by atoms with Crippen molar-refractivity contribution in [2.75, 3.05) is 37.7 Å². The van der Waals surface area contributed by atoms with Crippen molar-refractivity contribution in [3.8, 4) is 17.0 Å². The van der Waals surface area contributed by atoms with Crippen LogP contribution in [0.3, 0.4) is 0 Å². The molecule has 6 nitrogen and oxygen atoms in total. The van der Waals surface area contributed by atoms with E-state index in [0.717, 1.165) is 48.1 Å². The number of para-hydroxylation sites is 1. The van der Waals surface area contributed by atoms with Crippen LogP contribution < -0.4 is 9.64 Å². The van der Waals surface area contributed by atoms with Crippen LogP contribution in [0.25, 0.3) is 11.3 Å². The number of hydrogen-bond donors (Lipinski definition) is 1. The lowest BCUT2D eigenvalue weighted by Gasteiger charge is -2.30. The molecule has 0 radical (unpaired) electrons. The second-order valence-corrected chi connectivity index (χ2v) is 9.59. The summed E-state index contributed by atoms with van der Waals surface area (Å²) in [7, 11) is 0. The van der Waals surface area contributed by atoms with Crippen LogP contribution in [0.1, 0.15) is 38.7 Å². The Labute approximate surface area is 203 Å². The molecule has 0 aliphatic carbocycles. The van der Waals surface area contributed by atoms with Crippen LogP contribution in [0, 0.1) is 5.92 Å². The molecule has 2 aromatic carbocycles. The van der Waals surface area contributed by atoms with Crippen LogP contribution in [0.4, 0.5) is 5.88 Å². The summed E-state index contributed by atoms with van der Waals surface area (Å²) < 4.78 is 11.8. The van der Waals surface area contributed by atoms with Gasteiger partial charge in [-0.15, -0.1) is 0 Å². The van der Waals surface area contributed by atoms with Crippen LogP contribution in [0.5, 0.6) is 5.75 Å². The summed E-state index contributed by atoms with van der Waals surface area (Å²) in [5.74, 6) is 2.11. The Balaban J connectivity index is 1.53. The highest BCUT2D eigenvalue weighted by atomic mass is 16.5. The molecule has 1 aliphatic heterocycles. The molecule has 6 heteroatoms. The van der Waals surface area contributed by atoms with Gasteiger partial charge in [-0.3, -0.25) is 4.90 Å². The van der Waals surface area contributed by atoms with Gasteiger partial charge in [-0.05, 0) is 37.3 Å². The van der Waals surface area contributed by atoms with E-state index in [1.54, 1.807) is 0 Å². The van der Waals surface area contributed by atoms with Crippen molar-refractivity contribution in [2.45, 2.75) is 45.8 Å². The van der Waals surface area contributed by atoms with Crippen LogP contribution in [0.15, 0.2) is 65.2 Å². The van der Waals surface area contributed by atoms with E-state index in [-0.39, 0.29) is 6.61 Å². The second-order valence-electron chi connectivity index (χ2n) is 9.59. The summed E-state index contributed by atoms with van der Waals surface area (Å²) >= 11 is 0. The number of anilines is 1. The maximum Gasteiger partial charge on any atom is 0.232 e. The predicted octanol–water partition coefficient (Wildman–Crippen LogP) is 5.23. The molecule has 182 valence electrons. The first kappa shape index (κ1) is 24.3. The molecule has 3 aromatic rings. The molecule has 1 aromatic heterocycles. The monoisotopic (exact) mass is 463 g/mol. The average molecular weight is 464 g/mol. The van der Waals surface area contributed by atoms with E-state index < -0.39 is 6.10 Å². The first-order chi connectivity index (χ1) is 16.6. The molecule has 1 N–H and O–H groups in total. The molecule has 4 rings (SSSR count). The highest BCUT2D eigenvalue weighted by Crippen LogP contribution is 2.34. The fourth-order valence-corrected chi connectivity index (χ4v) is 4.61. The largest absolute Gasteiger partial charge is 0.491 e. The zero-order valence-electron chi connectivity index (χ0n) is 20.4. The van der Waals surface area contributed by atoms with E-state index in [1.165, 1.54) is 19.3 Å². The lowest BCUT2D eigenvalue weighted by Crippen LogP contribution is -2.38. The second kappa shape index (κ2) is 12.0. The minimum Gasteiger partial charge on any atom is -0.491 e. The highest BCUT2D eigenvalue weighted by molar-refractivity contribution is 5.68. The first-order valence-electron chi connectivity index (χ1n) is 12.5. The number of benzene rings is 2. The zero-order chi connectivity index (χ0) is 23.8. The normalized spacial score (nSPS) is 15.1. The maximum absolute atomic E-state index is 10.8. The van der Waals surface area contributed by atoms with E-state index >= 15 is 0 Å². The van der Waals surface area contributed by atoms with Crippen molar-refractivity contribution in [1.29, 1.82) is 0 Å². The van der Waals surface area contributed by atoms with Crippen molar-refractivity contribution in [1.82, 2.24) is 10.1 Å². The van der Waals surface area contributed by atoms with Crippen molar-refractivity contribution in [3.05, 3.63) is 66.2 Å². The summed E-state index contributed by atoms with van der Waals surface area (Å²) in [5.41, 5.74) is 3.05. The molecule has 1 saturated heterocycles. The van der Waals surface area contributed by atoms with Gasteiger partial charge in [-0.25, -0.2) is 0 Å². The summed E-state index contributed by atoms with van der Waals surface area (Å²) in [6.45, 7) is 8.70. The van der Waals surface area contributed by atoms with Gasteiger partial charge in [0, 0.05) is 38.3 Å². The van der Waals surface area contributed by atoms with Gasteiger partial charge in [-0.2, -0.15) is 0 Å². The molecular weight excluding hydrogens is 426 g/mol. The summed E-state index contributed by atoms with van der Waals surface area (Å²) in [5, 5.41) is 15.3. The summed E-state index contributed by atoms with van der Waals surface area (Å²) in [6, 6.07) is 19.9. The quantitative estimate of drug-likeness (QED) is 0.420. The minimum absolute atomic E-state index is 0.257. The molecule has 34 heavy (non-hydrogen) atoms. The third-order valence-electron chi connectivity index (χ3n) is 6.12. The molecule has 0 amide bonds. The molecule has 0 unspecified atom stereocenters. The van der Waals surface area contributed by atoms with Gasteiger partial charge in [0.2, 0.25) is 5.88 Å². The summed E-state index contributed by atoms with van der Waals surface area (Å²) in [6.07, 6.45) is 3.01. The number of rotatable bonds is 11. The summed E-state index contributed by atoms with van der Waals surface area (Å²) in [4.78, 5) is 4.64. The minimum atomic E-state index is -0.600. The van der Waals surface area contributed by atoms with E-state index in [9.17, 15) is 5.11 Å². The smallest absolute Gasteiger partial charge is 0.232 e. The number of aliphatic hydroxyl groups excluding tert-OH is 1. The Morgan fingerprint density at radius 1 is 0.971 bits per heavy atom. The molecule has 2 heterocycles. The van der Waals surface area contributed by atoms with Crippen molar-refractivity contribution < 1.29 is 14.4 Å². The van der Waals surface area contributed by atoms with E-state index in [1.807, 2.05) is 48.5 Å². The third-order valence-corrected chi connectivity index (χ3v) is 6.12. The molecule has 0 bridgehead atoms. The molecule has 0 spiro atoms. The SMILES string of the molecule is CC(C)CN(Cc1c(-c2ccccc2)noc1N1CCCCC1)C[C@@H](O)COc1ccccc1. The highest BCUT2D eigenvalue weighted by Gasteiger charge is 2.26. The number of nitrogens with zero attached hydrogens (tertiary/aromatic N) is 3. The van der Waals surface area contributed by atoms with Gasteiger partial charge < -0.3 is 19.3 Å². The molecular formula is C28H37N3O3. The number of piperidine rings is 1. The predicted molar refractivity (Wildman–Crippen MR) is 136 cm³/mol. The van der Waals surface area contributed by atoms with Gasteiger partial charge in [-0.1, -0.05) is 67.5 Å². The number of hydrogen-bond acceptors (Lipinski definition) is 6. The van der Waals surface area contributed by atoms with Crippen LogP contribution >= 0.6 is 0 Å². The van der Waals surface area contributed by atoms with Gasteiger partial charge >= 0.3 is 0 Å². The van der Waals surface area contributed by atoms with Gasteiger partial charge in [0.15, 0.2) is 0 Å². The molecule has 0 saturated carbocycles. The Kier molecular flexibility index (Phi) is 8.61. The van der Waals surface area contributed by atoms with Gasteiger partial charge in [0.1, 0.15) is 24.2 Å². The fraction of sp³-hybridized carbons (Fsp3) is 0.464. The average Bonchev–Trinajstić information content (AvgIpc) is 3.27. The zero-order valence-corrected chi connectivity index (χ0v) is 20.4. The molecule has 1 aliphatic rings. The Morgan fingerprint density at radius 3 is 2.32 bits per heavy atom. The van der Waals surface area contributed by atoms with Crippen molar-refractivity contribution in [2.24, 2.45) is 5.92 Å². The Bertz CT molecular complexity index is 985. The topological polar surface area (TPSA) is 62.0 Å². The standard InChI is InChI=1S/C28H37N3O3/c1-22(2)18-30(19-24(32)21-33-25-14-8-4-9-15-25)20-26-27(23-12-6-3-7-13-23)29-34-28(26)31-16-10-5-11-17-31/h3-4,6-9,12-15,22,24,32H,5,10-11,16-21H2,1-2H3/t24-/m1/s1. The van der Waals surface area contributed by atoms with Crippen LogP contribution in [0.2, 0.25) is 0 Å². The van der Waals surface area contributed by atoms with Crippen molar-refractivity contribution >= 4 is 5.88 Å². The Hall–Kier alpha value is -2.83. The third kappa shape index (κ3) is 6.61. The van der Waals surface area contributed by atoms with E-state index in [0.29, 0.717) is 19.0 Å². The lowest BCUT2D eigenvalue weighted by molar-refractivity contribution is 0.0615. The lowest BCUT2D eigenvalue weighted by atomic mass is 10.0. The van der Waals surface area contributed by atoms with Crippen molar-refractivity contribution in [3.63, 3.8) is 0 Å². The van der Waals surface area contributed by atoms with Crippen LogP contribution in [-0.2, 0) is 6.54 Å². The Morgan fingerprint density at radius 2 is 1.65 bits per heavy atom. The number of ether oxygens (including phenoxy) is 1.